The highest BCUT2D eigenvalue weighted by Crippen LogP contribution is 2.20. The predicted octanol–water partition coefficient (Wildman–Crippen LogP) is -0.783. The Balaban J connectivity index is 2.46. The molecule has 0 amide bonds. The van der Waals surface area contributed by atoms with E-state index in [1.54, 1.807) is 0 Å². The normalized spacial score (nSPS) is 15.9. The summed E-state index contributed by atoms with van der Waals surface area (Å²) in [7, 11) is 2.02. The van der Waals surface area contributed by atoms with Crippen molar-refractivity contribution in [3.63, 3.8) is 0 Å². The topological polar surface area (TPSA) is 75.0 Å². The van der Waals surface area contributed by atoms with E-state index < -0.39 is 0 Å². The molecule has 3 N–H and O–H groups in total. The lowest BCUT2D eigenvalue weighted by atomic mass is 10.1. The van der Waals surface area contributed by atoms with E-state index in [1.807, 2.05) is 7.05 Å². The molecule has 0 unspecified atom stereocenters. The van der Waals surface area contributed by atoms with E-state index in [9.17, 15) is 4.79 Å². The SMILES string of the molecule is CN1Cc2[nH]c(=O)nc(CCN)c2C1. The minimum absolute atomic E-state index is 0.262. The third-order valence-electron chi connectivity index (χ3n) is 2.44. The Morgan fingerprint density at radius 2 is 2.36 bits per heavy atom. The molecular weight excluding hydrogens is 180 g/mol. The quantitative estimate of drug-likeness (QED) is 0.647. The first-order chi connectivity index (χ1) is 6.70. The second-order valence-corrected chi connectivity index (χ2v) is 3.66. The van der Waals surface area contributed by atoms with E-state index in [-0.39, 0.29) is 5.69 Å². The van der Waals surface area contributed by atoms with Gasteiger partial charge in [0.1, 0.15) is 0 Å². The van der Waals surface area contributed by atoms with Gasteiger partial charge >= 0.3 is 5.69 Å². The molecule has 2 heterocycles. The number of aromatic amines is 1. The maximum Gasteiger partial charge on any atom is 0.345 e. The van der Waals surface area contributed by atoms with Gasteiger partial charge in [-0.05, 0) is 13.6 Å². The summed E-state index contributed by atoms with van der Waals surface area (Å²) in [6, 6.07) is 0. The van der Waals surface area contributed by atoms with Crippen molar-refractivity contribution in [2.45, 2.75) is 19.5 Å². The van der Waals surface area contributed by atoms with Gasteiger partial charge in [0.25, 0.3) is 0 Å². The zero-order valence-electron chi connectivity index (χ0n) is 8.21. The Morgan fingerprint density at radius 3 is 3.07 bits per heavy atom. The Morgan fingerprint density at radius 1 is 1.57 bits per heavy atom. The summed E-state index contributed by atoms with van der Waals surface area (Å²) in [6.07, 6.45) is 0.681. The van der Waals surface area contributed by atoms with Gasteiger partial charge in [-0.1, -0.05) is 0 Å². The summed E-state index contributed by atoms with van der Waals surface area (Å²) < 4.78 is 0. The number of fused-ring (bicyclic) bond motifs is 1. The first kappa shape index (κ1) is 9.36. The molecule has 0 saturated carbocycles. The van der Waals surface area contributed by atoms with Crippen molar-refractivity contribution in [3.05, 3.63) is 27.4 Å². The average molecular weight is 194 g/mol. The molecule has 0 radical (unpaired) electrons. The number of H-pyrrole nitrogens is 1. The van der Waals surface area contributed by atoms with Crippen LogP contribution < -0.4 is 11.4 Å². The zero-order valence-corrected chi connectivity index (χ0v) is 8.21. The number of nitrogens with two attached hydrogens (primary N) is 1. The standard InChI is InChI=1S/C9H14N4O/c1-13-4-6-7(2-3-10)11-9(14)12-8(6)5-13/h2-5,10H2,1H3,(H,11,12,14). The van der Waals surface area contributed by atoms with Gasteiger partial charge in [-0.3, -0.25) is 4.90 Å². The zero-order chi connectivity index (χ0) is 10.1. The number of nitrogens with zero attached hydrogens (tertiary/aromatic N) is 2. The van der Waals surface area contributed by atoms with E-state index in [0.29, 0.717) is 13.0 Å². The smallest absolute Gasteiger partial charge is 0.330 e. The van der Waals surface area contributed by atoms with Crippen LogP contribution in [0.25, 0.3) is 0 Å². The summed E-state index contributed by atoms with van der Waals surface area (Å²) in [4.78, 5) is 20.1. The lowest BCUT2D eigenvalue weighted by Crippen LogP contribution is -2.18. The van der Waals surface area contributed by atoms with Gasteiger partial charge in [-0.25, -0.2) is 4.79 Å². The van der Waals surface area contributed by atoms with Crippen LogP contribution in [0.1, 0.15) is 17.0 Å². The number of hydrogen-bond acceptors (Lipinski definition) is 4. The largest absolute Gasteiger partial charge is 0.345 e. The molecule has 1 aromatic heterocycles. The van der Waals surface area contributed by atoms with E-state index in [1.165, 1.54) is 0 Å². The van der Waals surface area contributed by atoms with Crippen LogP contribution in [-0.2, 0) is 19.5 Å². The number of aromatic nitrogens is 2. The van der Waals surface area contributed by atoms with Crippen LogP contribution in [0.4, 0.5) is 0 Å². The fourth-order valence-corrected chi connectivity index (χ4v) is 1.86. The van der Waals surface area contributed by atoms with Gasteiger partial charge < -0.3 is 10.7 Å². The number of nitrogens with one attached hydrogen (secondary N) is 1. The summed E-state index contributed by atoms with van der Waals surface area (Å²) >= 11 is 0. The van der Waals surface area contributed by atoms with E-state index in [2.05, 4.69) is 14.9 Å². The van der Waals surface area contributed by atoms with E-state index >= 15 is 0 Å². The van der Waals surface area contributed by atoms with Crippen molar-refractivity contribution in [2.75, 3.05) is 13.6 Å². The van der Waals surface area contributed by atoms with Crippen LogP contribution in [0, 0.1) is 0 Å². The molecule has 1 aliphatic rings. The molecule has 0 saturated heterocycles. The Kier molecular flexibility index (Phi) is 2.35. The Hall–Kier alpha value is -1.20. The van der Waals surface area contributed by atoms with Crippen molar-refractivity contribution in [2.24, 2.45) is 5.73 Å². The van der Waals surface area contributed by atoms with Gasteiger partial charge in [0.15, 0.2) is 0 Å². The van der Waals surface area contributed by atoms with Crippen molar-refractivity contribution >= 4 is 0 Å². The lowest BCUT2D eigenvalue weighted by molar-refractivity contribution is 0.350. The minimum atomic E-state index is -0.262. The van der Waals surface area contributed by atoms with Crippen LogP contribution in [0.5, 0.6) is 0 Å². The predicted molar refractivity (Wildman–Crippen MR) is 52.8 cm³/mol. The summed E-state index contributed by atoms with van der Waals surface area (Å²) in [5.41, 5.74) is 8.22. The monoisotopic (exact) mass is 194 g/mol. The molecular formula is C9H14N4O. The molecule has 0 spiro atoms. The molecule has 0 fully saturated rings. The van der Waals surface area contributed by atoms with E-state index in [4.69, 9.17) is 5.73 Å². The molecule has 5 heteroatoms. The number of hydrogen-bond donors (Lipinski definition) is 2. The molecule has 1 aliphatic heterocycles. The molecule has 0 aromatic carbocycles. The highest BCUT2D eigenvalue weighted by molar-refractivity contribution is 5.28. The van der Waals surface area contributed by atoms with Crippen molar-refractivity contribution in [3.8, 4) is 0 Å². The summed E-state index contributed by atoms with van der Waals surface area (Å²) in [6.45, 7) is 2.19. The molecule has 1 aromatic rings. The highest BCUT2D eigenvalue weighted by Gasteiger charge is 2.20. The van der Waals surface area contributed by atoms with Crippen LogP contribution >= 0.6 is 0 Å². The Bertz CT molecular complexity index is 398. The second-order valence-electron chi connectivity index (χ2n) is 3.66. The van der Waals surface area contributed by atoms with Gasteiger partial charge in [0.05, 0.1) is 5.69 Å². The first-order valence-electron chi connectivity index (χ1n) is 4.70. The molecule has 0 aliphatic carbocycles. The van der Waals surface area contributed by atoms with E-state index in [0.717, 1.165) is 30.0 Å². The van der Waals surface area contributed by atoms with Crippen molar-refractivity contribution in [1.82, 2.24) is 14.9 Å². The molecule has 0 atom stereocenters. The third kappa shape index (κ3) is 1.56. The molecule has 14 heavy (non-hydrogen) atoms. The van der Waals surface area contributed by atoms with Gasteiger partial charge in [-0.15, -0.1) is 0 Å². The van der Waals surface area contributed by atoms with Crippen LogP contribution in [-0.4, -0.2) is 28.5 Å². The molecule has 0 bridgehead atoms. The lowest BCUT2D eigenvalue weighted by Gasteiger charge is -2.04. The second kappa shape index (κ2) is 3.51. The average Bonchev–Trinajstić information content (AvgIpc) is 2.45. The maximum absolute atomic E-state index is 11.2. The maximum atomic E-state index is 11.2. The molecule has 76 valence electrons. The number of rotatable bonds is 2. The third-order valence-corrected chi connectivity index (χ3v) is 2.44. The fourth-order valence-electron chi connectivity index (χ4n) is 1.86. The fraction of sp³-hybridized carbons (Fsp3) is 0.556. The summed E-state index contributed by atoms with van der Waals surface area (Å²) in [5.74, 6) is 0. The van der Waals surface area contributed by atoms with Gasteiger partial charge in [0, 0.05) is 30.8 Å². The van der Waals surface area contributed by atoms with Crippen molar-refractivity contribution < 1.29 is 0 Å². The van der Waals surface area contributed by atoms with Crippen LogP contribution in [0.15, 0.2) is 4.79 Å². The van der Waals surface area contributed by atoms with Gasteiger partial charge in [0.2, 0.25) is 0 Å². The highest BCUT2D eigenvalue weighted by atomic mass is 16.1. The summed E-state index contributed by atoms with van der Waals surface area (Å²) in [5, 5.41) is 0. The van der Waals surface area contributed by atoms with Gasteiger partial charge in [-0.2, -0.15) is 4.98 Å². The van der Waals surface area contributed by atoms with Crippen LogP contribution in [0.2, 0.25) is 0 Å². The van der Waals surface area contributed by atoms with Crippen molar-refractivity contribution in [1.29, 1.82) is 0 Å². The Labute approximate surface area is 82.0 Å². The molecule has 5 nitrogen and oxygen atoms in total. The van der Waals surface area contributed by atoms with Crippen LogP contribution in [0.3, 0.4) is 0 Å². The molecule has 2 rings (SSSR count). The first-order valence-corrected chi connectivity index (χ1v) is 4.70. The minimum Gasteiger partial charge on any atom is -0.330 e.